The van der Waals surface area contributed by atoms with Gasteiger partial charge in [-0.2, -0.15) is 0 Å². The summed E-state index contributed by atoms with van der Waals surface area (Å²) in [6, 6.07) is 17.5. The fourth-order valence-corrected chi connectivity index (χ4v) is 5.21. The molecule has 3 N–H and O–H groups in total. The van der Waals surface area contributed by atoms with Crippen LogP contribution < -0.4 is 10.1 Å². The summed E-state index contributed by atoms with van der Waals surface area (Å²) in [5.74, 6) is -2.73. The molecule has 48 heavy (non-hydrogen) atoms. The molecule has 254 valence electrons. The molecule has 4 atom stereocenters. The summed E-state index contributed by atoms with van der Waals surface area (Å²) in [5.41, 5.74) is 1.72. The molecule has 3 unspecified atom stereocenters. The number of aliphatic carboxylic acids is 1. The summed E-state index contributed by atoms with van der Waals surface area (Å²) in [6.45, 7) is 5.93. The number of ether oxygens (including phenoxy) is 5. The molecule has 0 aliphatic carbocycles. The zero-order valence-electron chi connectivity index (χ0n) is 26.9. The van der Waals surface area contributed by atoms with Gasteiger partial charge in [-0.25, -0.2) is 9.59 Å². The molecule has 14 nitrogen and oxygen atoms in total. The van der Waals surface area contributed by atoms with Gasteiger partial charge in [-0.15, -0.1) is 0 Å². The number of carbonyl (C=O) groups excluding carboxylic acids is 4. The van der Waals surface area contributed by atoms with E-state index in [0.717, 1.165) is 16.3 Å². The SMILES string of the molecule is CC(=O)OC(C)OC(=O)NC(=N)c1ccc2ccc(CC(C(=O)O)c3ccc(O[C@H]4CCN(C(=O)OC(C)OC(C)=O)C4)cc3)cc2c1. The summed E-state index contributed by atoms with van der Waals surface area (Å²) < 4.78 is 25.6. The van der Waals surface area contributed by atoms with E-state index in [0.29, 0.717) is 29.8 Å². The fourth-order valence-electron chi connectivity index (χ4n) is 5.21. The van der Waals surface area contributed by atoms with Crippen LogP contribution in [0.4, 0.5) is 9.59 Å². The van der Waals surface area contributed by atoms with Gasteiger partial charge in [-0.1, -0.05) is 42.5 Å². The summed E-state index contributed by atoms with van der Waals surface area (Å²) in [4.78, 5) is 60.3. The lowest BCUT2D eigenvalue weighted by molar-refractivity contribution is -0.164. The number of carboxylic acid groups (broad SMARTS) is 1. The van der Waals surface area contributed by atoms with Gasteiger partial charge in [0.2, 0.25) is 12.6 Å². The maximum absolute atomic E-state index is 12.3. The number of nitrogens with zero attached hydrogens (tertiary/aromatic N) is 1. The average molecular weight is 664 g/mol. The number of hydrogen-bond acceptors (Lipinski definition) is 11. The third kappa shape index (κ3) is 9.92. The van der Waals surface area contributed by atoms with E-state index in [9.17, 15) is 29.1 Å². The largest absolute Gasteiger partial charge is 0.489 e. The number of fused-ring (bicyclic) bond motifs is 1. The van der Waals surface area contributed by atoms with Gasteiger partial charge in [0.25, 0.3) is 0 Å². The number of nitrogens with one attached hydrogen (secondary N) is 2. The lowest BCUT2D eigenvalue weighted by Crippen LogP contribution is -2.34. The molecule has 1 aliphatic rings. The zero-order chi connectivity index (χ0) is 35.0. The molecule has 0 saturated carbocycles. The van der Waals surface area contributed by atoms with Crippen LogP contribution in [-0.4, -0.2) is 77.7 Å². The van der Waals surface area contributed by atoms with E-state index in [4.69, 9.17) is 29.1 Å². The number of alkyl carbamates (subject to hydrolysis) is 1. The average Bonchev–Trinajstić information content (AvgIpc) is 3.47. The van der Waals surface area contributed by atoms with Crippen molar-refractivity contribution in [2.24, 2.45) is 0 Å². The Labute approximate surface area is 276 Å². The van der Waals surface area contributed by atoms with Crippen molar-refractivity contribution in [3.05, 3.63) is 77.4 Å². The molecule has 4 rings (SSSR count). The van der Waals surface area contributed by atoms with Gasteiger partial charge in [0, 0.05) is 46.2 Å². The number of rotatable bonds is 11. The highest BCUT2D eigenvalue weighted by Gasteiger charge is 2.30. The zero-order valence-corrected chi connectivity index (χ0v) is 26.9. The van der Waals surface area contributed by atoms with Gasteiger partial charge in [-0.3, -0.25) is 25.1 Å². The van der Waals surface area contributed by atoms with Crippen molar-refractivity contribution in [2.45, 2.75) is 65.1 Å². The Morgan fingerprint density at radius 3 is 2.17 bits per heavy atom. The molecule has 1 fully saturated rings. The molecule has 1 saturated heterocycles. The molecular formula is C34H37N3O11. The van der Waals surface area contributed by atoms with Crippen LogP contribution in [0.1, 0.15) is 56.7 Å². The van der Waals surface area contributed by atoms with Crippen molar-refractivity contribution >= 4 is 46.7 Å². The van der Waals surface area contributed by atoms with Crippen molar-refractivity contribution in [3.63, 3.8) is 0 Å². The maximum Gasteiger partial charge on any atom is 0.415 e. The minimum Gasteiger partial charge on any atom is -0.489 e. The van der Waals surface area contributed by atoms with E-state index in [1.165, 1.54) is 32.6 Å². The molecule has 0 bridgehead atoms. The van der Waals surface area contributed by atoms with E-state index in [1.807, 2.05) is 18.2 Å². The molecule has 1 heterocycles. The molecule has 2 amide bonds. The van der Waals surface area contributed by atoms with E-state index in [1.54, 1.807) is 42.5 Å². The van der Waals surface area contributed by atoms with E-state index < -0.39 is 48.6 Å². The summed E-state index contributed by atoms with van der Waals surface area (Å²) in [5, 5.41) is 22.3. The van der Waals surface area contributed by atoms with Crippen LogP contribution in [0.3, 0.4) is 0 Å². The van der Waals surface area contributed by atoms with Crippen LogP contribution >= 0.6 is 0 Å². The minimum absolute atomic E-state index is 0.192. The normalized spacial score (nSPS) is 15.8. The summed E-state index contributed by atoms with van der Waals surface area (Å²) >= 11 is 0. The van der Waals surface area contributed by atoms with Gasteiger partial charge < -0.3 is 33.7 Å². The summed E-state index contributed by atoms with van der Waals surface area (Å²) in [6.07, 6.45) is -3.23. The number of carboxylic acids is 1. The standard InChI is InChI=1S/C34H37N3O11/c1-19(38)44-21(3)46-33(42)36-31(35)26-8-7-24-6-5-23(15-27(24)17-26)16-30(32(40)41)25-9-11-28(12-10-25)48-29-13-14-37(18-29)34(43)47-22(4)45-20(2)39/h5-12,15,17,21-22,29-30H,13-14,16,18H2,1-4H3,(H,40,41)(H2,35,36,42)/t21?,22?,29-,30?/m0/s1. The van der Waals surface area contributed by atoms with Crippen LogP contribution in [0.5, 0.6) is 5.75 Å². The number of hydrogen-bond donors (Lipinski definition) is 3. The second-order valence-corrected chi connectivity index (χ2v) is 11.2. The van der Waals surface area contributed by atoms with Gasteiger partial charge in [0.1, 0.15) is 17.7 Å². The number of amides is 2. The highest BCUT2D eigenvalue weighted by atomic mass is 16.7. The first-order chi connectivity index (χ1) is 22.8. The molecule has 14 heteroatoms. The van der Waals surface area contributed by atoms with Crippen LogP contribution in [0.25, 0.3) is 10.8 Å². The maximum atomic E-state index is 12.3. The molecule has 0 aromatic heterocycles. The van der Waals surface area contributed by atoms with Crippen LogP contribution in [0.15, 0.2) is 60.7 Å². The Morgan fingerprint density at radius 1 is 0.875 bits per heavy atom. The molecule has 0 radical (unpaired) electrons. The molecular weight excluding hydrogens is 626 g/mol. The quantitative estimate of drug-likeness (QED) is 0.111. The lowest BCUT2D eigenvalue weighted by Gasteiger charge is -2.20. The predicted octanol–water partition coefficient (Wildman–Crippen LogP) is 4.71. The van der Waals surface area contributed by atoms with Crippen molar-refractivity contribution in [1.82, 2.24) is 10.2 Å². The minimum atomic E-state index is -1.12. The first-order valence-corrected chi connectivity index (χ1v) is 15.2. The van der Waals surface area contributed by atoms with Crippen molar-refractivity contribution in [1.29, 1.82) is 5.41 Å². The smallest absolute Gasteiger partial charge is 0.415 e. The number of benzene rings is 3. The fraction of sp³-hybridized carbons (Fsp3) is 0.353. The third-order valence-corrected chi connectivity index (χ3v) is 7.35. The molecule has 3 aromatic rings. The van der Waals surface area contributed by atoms with Crippen molar-refractivity contribution in [3.8, 4) is 5.75 Å². The number of carbonyl (C=O) groups is 5. The predicted molar refractivity (Wildman–Crippen MR) is 170 cm³/mol. The topological polar surface area (TPSA) is 191 Å². The number of esters is 2. The third-order valence-electron chi connectivity index (χ3n) is 7.35. The number of amidine groups is 1. The van der Waals surface area contributed by atoms with Gasteiger partial charge >= 0.3 is 30.1 Å². The highest BCUT2D eigenvalue weighted by molar-refractivity contribution is 6.06. The Bertz CT molecular complexity index is 1690. The number of likely N-dealkylation sites (tertiary alicyclic amines) is 1. The Balaban J connectivity index is 1.37. The van der Waals surface area contributed by atoms with Crippen LogP contribution in [-0.2, 0) is 39.8 Å². The first-order valence-electron chi connectivity index (χ1n) is 15.2. The van der Waals surface area contributed by atoms with Gasteiger partial charge in [-0.05, 0) is 46.5 Å². The Morgan fingerprint density at radius 2 is 1.52 bits per heavy atom. The second kappa shape index (κ2) is 15.8. The van der Waals surface area contributed by atoms with Crippen LogP contribution in [0, 0.1) is 5.41 Å². The van der Waals surface area contributed by atoms with Gasteiger partial charge in [0.15, 0.2) is 0 Å². The van der Waals surface area contributed by atoms with E-state index >= 15 is 0 Å². The first kappa shape index (κ1) is 35.2. The molecule has 0 spiro atoms. The lowest BCUT2D eigenvalue weighted by atomic mass is 9.91. The highest BCUT2D eigenvalue weighted by Crippen LogP contribution is 2.27. The van der Waals surface area contributed by atoms with Crippen molar-refractivity contribution in [2.75, 3.05) is 13.1 Å². The monoisotopic (exact) mass is 663 g/mol. The van der Waals surface area contributed by atoms with Crippen molar-refractivity contribution < 1.29 is 52.8 Å². The Hall–Kier alpha value is -5.66. The van der Waals surface area contributed by atoms with E-state index in [-0.39, 0.29) is 24.9 Å². The second-order valence-electron chi connectivity index (χ2n) is 11.2. The van der Waals surface area contributed by atoms with Gasteiger partial charge in [0.05, 0.1) is 12.5 Å². The van der Waals surface area contributed by atoms with Crippen LogP contribution in [0.2, 0.25) is 0 Å². The summed E-state index contributed by atoms with van der Waals surface area (Å²) in [7, 11) is 0. The van der Waals surface area contributed by atoms with E-state index in [2.05, 4.69) is 5.32 Å². The Kier molecular flexibility index (Phi) is 11.6. The molecule has 1 aliphatic heterocycles. The molecule has 3 aromatic carbocycles.